The average molecular weight is 425 g/mol. The largest absolute Gasteiger partial charge is 0.459 e. The van der Waals surface area contributed by atoms with E-state index >= 15 is 0 Å². The molecule has 0 unspecified atom stereocenters. The van der Waals surface area contributed by atoms with E-state index < -0.39 is 0 Å². The number of nitrogens with zero attached hydrogens (tertiary/aromatic N) is 5. The fourth-order valence-electron chi connectivity index (χ4n) is 4.89. The standard InChI is InChI=1S/C22H25FN6O2/c23-18-9-4-3-8-17(18)20(21-24-25-26-29(21)16-6-1-2-7-16)27-11-13-28(14-12-27)22(30)19-10-5-15-31-19/h3-5,8-10,15-16,20H,1-2,6-7,11-14H2/p+1/t20-/m1/s1. The molecule has 1 aliphatic carbocycles. The number of hydrogen-bond donors (Lipinski definition) is 1. The summed E-state index contributed by atoms with van der Waals surface area (Å²) in [6.07, 6.45) is 5.92. The van der Waals surface area contributed by atoms with Crippen LogP contribution in [0.4, 0.5) is 4.39 Å². The van der Waals surface area contributed by atoms with Gasteiger partial charge in [-0.3, -0.25) is 4.79 Å². The molecule has 2 aromatic heterocycles. The van der Waals surface area contributed by atoms with Gasteiger partial charge in [-0.25, -0.2) is 9.07 Å². The Balaban J connectivity index is 1.42. The number of aromatic nitrogens is 4. The molecule has 3 aromatic rings. The highest BCUT2D eigenvalue weighted by Crippen LogP contribution is 2.31. The number of benzene rings is 1. The van der Waals surface area contributed by atoms with Gasteiger partial charge in [-0.1, -0.05) is 25.0 Å². The lowest BCUT2D eigenvalue weighted by atomic mass is 10.0. The van der Waals surface area contributed by atoms with E-state index in [1.54, 1.807) is 23.1 Å². The third-order valence-corrected chi connectivity index (χ3v) is 6.50. The zero-order valence-electron chi connectivity index (χ0n) is 17.3. The molecule has 1 atom stereocenters. The summed E-state index contributed by atoms with van der Waals surface area (Å²) in [6.45, 7) is 2.46. The summed E-state index contributed by atoms with van der Waals surface area (Å²) in [6, 6.07) is 10.2. The number of tetrazole rings is 1. The van der Waals surface area contributed by atoms with Gasteiger partial charge < -0.3 is 14.2 Å². The van der Waals surface area contributed by atoms with Crippen molar-refractivity contribution in [2.45, 2.75) is 37.8 Å². The number of nitrogens with one attached hydrogen (secondary N) is 1. The molecule has 2 fully saturated rings. The van der Waals surface area contributed by atoms with Crippen molar-refractivity contribution in [3.63, 3.8) is 0 Å². The molecule has 0 spiro atoms. The van der Waals surface area contributed by atoms with Gasteiger partial charge in [0.05, 0.1) is 44.0 Å². The van der Waals surface area contributed by atoms with E-state index in [1.165, 1.54) is 12.3 Å². The second-order valence-corrected chi connectivity index (χ2v) is 8.30. The lowest BCUT2D eigenvalue weighted by Gasteiger charge is -2.36. The fourth-order valence-corrected chi connectivity index (χ4v) is 4.89. The van der Waals surface area contributed by atoms with E-state index in [0.717, 1.165) is 30.6 Å². The minimum atomic E-state index is -0.322. The van der Waals surface area contributed by atoms with Crippen molar-refractivity contribution in [3.8, 4) is 0 Å². The Morgan fingerprint density at radius 3 is 2.61 bits per heavy atom. The zero-order valence-corrected chi connectivity index (χ0v) is 17.3. The highest BCUT2D eigenvalue weighted by atomic mass is 19.1. The fraction of sp³-hybridized carbons (Fsp3) is 0.455. The smallest absolute Gasteiger partial charge is 0.289 e. The summed E-state index contributed by atoms with van der Waals surface area (Å²) >= 11 is 0. The van der Waals surface area contributed by atoms with Crippen LogP contribution in [-0.4, -0.2) is 57.2 Å². The first-order valence-electron chi connectivity index (χ1n) is 10.9. The lowest BCUT2D eigenvalue weighted by Crippen LogP contribution is -3.15. The molecule has 0 radical (unpaired) electrons. The van der Waals surface area contributed by atoms with Crippen molar-refractivity contribution < 1.29 is 18.5 Å². The number of piperazine rings is 1. The van der Waals surface area contributed by atoms with Crippen LogP contribution >= 0.6 is 0 Å². The third kappa shape index (κ3) is 3.85. The third-order valence-electron chi connectivity index (χ3n) is 6.50. The van der Waals surface area contributed by atoms with Crippen LogP contribution < -0.4 is 4.90 Å². The number of carbonyl (C=O) groups excluding carboxylic acids is 1. The van der Waals surface area contributed by atoms with Gasteiger partial charge in [0.1, 0.15) is 5.82 Å². The topological polar surface area (TPSA) is 81.5 Å². The molecule has 1 aromatic carbocycles. The van der Waals surface area contributed by atoms with Crippen LogP contribution in [0.1, 0.15) is 59.7 Å². The number of furan rings is 1. The van der Waals surface area contributed by atoms with Gasteiger partial charge in [-0.15, -0.1) is 5.10 Å². The average Bonchev–Trinajstić information content (AvgIpc) is 3.57. The molecule has 1 N–H and O–H groups in total. The molecule has 8 nitrogen and oxygen atoms in total. The SMILES string of the molecule is O=C(c1ccco1)N1CC[NH+]([C@H](c2ccccc2F)c2nnnn2C2CCCC2)CC1. The minimum absolute atomic E-state index is 0.109. The molecule has 31 heavy (non-hydrogen) atoms. The predicted molar refractivity (Wildman–Crippen MR) is 109 cm³/mol. The van der Waals surface area contributed by atoms with Crippen LogP contribution in [0.25, 0.3) is 0 Å². The molecule has 1 saturated carbocycles. The predicted octanol–water partition coefficient (Wildman–Crippen LogP) is 1.65. The van der Waals surface area contributed by atoms with Crippen molar-refractivity contribution in [1.82, 2.24) is 25.1 Å². The Morgan fingerprint density at radius 2 is 1.90 bits per heavy atom. The maximum absolute atomic E-state index is 14.9. The maximum atomic E-state index is 14.9. The highest BCUT2D eigenvalue weighted by molar-refractivity contribution is 5.91. The molecule has 2 aliphatic rings. The lowest BCUT2D eigenvalue weighted by molar-refractivity contribution is -0.930. The van der Waals surface area contributed by atoms with Gasteiger partial charge in [0, 0.05) is 0 Å². The van der Waals surface area contributed by atoms with E-state index in [2.05, 4.69) is 15.5 Å². The second kappa shape index (κ2) is 8.58. The van der Waals surface area contributed by atoms with Crippen LogP contribution in [0.5, 0.6) is 0 Å². The summed E-state index contributed by atoms with van der Waals surface area (Å²) in [5, 5.41) is 12.6. The first-order chi connectivity index (χ1) is 15.2. The van der Waals surface area contributed by atoms with E-state index in [1.807, 2.05) is 16.8 Å². The van der Waals surface area contributed by atoms with Gasteiger partial charge >= 0.3 is 0 Å². The van der Waals surface area contributed by atoms with Crippen LogP contribution in [0.2, 0.25) is 0 Å². The normalized spacial score (nSPS) is 19.1. The monoisotopic (exact) mass is 425 g/mol. The van der Waals surface area contributed by atoms with Crippen molar-refractivity contribution in [2.75, 3.05) is 26.2 Å². The first kappa shape index (κ1) is 19.9. The van der Waals surface area contributed by atoms with Crippen LogP contribution in [0, 0.1) is 5.82 Å². The van der Waals surface area contributed by atoms with E-state index in [9.17, 15) is 9.18 Å². The zero-order chi connectivity index (χ0) is 21.2. The molecule has 1 aliphatic heterocycles. The van der Waals surface area contributed by atoms with Crippen molar-refractivity contribution in [2.24, 2.45) is 0 Å². The van der Waals surface area contributed by atoms with Gasteiger partial charge in [0.25, 0.3) is 5.91 Å². The van der Waals surface area contributed by atoms with Crippen LogP contribution in [-0.2, 0) is 0 Å². The molecule has 1 amide bonds. The molecule has 0 bridgehead atoms. The maximum Gasteiger partial charge on any atom is 0.289 e. The molecular weight excluding hydrogens is 399 g/mol. The van der Waals surface area contributed by atoms with Crippen molar-refractivity contribution in [3.05, 3.63) is 65.6 Å². The minimum Gasteiger partial charge on any atom is -0.459 e. The number of hydrogen-bond acceptors (Lipinski definition) is 5. The summed E-state index contributed by atoms with van der Waals surface area (Å²) in [5.74, 6) is 0.689. The summed E-state index contributed by atoms with van der Waals surface area (Å²) in [7, 11) is 0. The molecule has 3 heterocycles. The molecule has 1 saturated heterocycles. The van der Waals surface area contributed by atoms with Gasteiger partial charge in [0.15, 0.2) is 11.8 Å². The van der Waals surface area contributed by atoms with E-state index in [4.69, 9.17) is 4.42 Å². The summed E-state index contributed by atoms with van der Waals surface area (Å²) < 4.78 is 22.1. The van der Waals surface area contributed by atoms with E-state index in [-0.39, 0.29) is 23.8 Å². The summed E-state index contributed by atoms with van der Waals surface area (Å²) in [4.78, 5) is 15.6. The molecule has 9 heteroatoms. The highest BCUT2D eigenvalue weighted by Gasteiger charge is 2.38. The van der Waals surface area contributed by atoms with Crippen LogP contribution in [0.3, 0.4) is 0 Å². The number of carbonyl (C=O) groups is 1. The molecule has 5 rings (SSSR count). The van der Waals surface area contributed by atoms with Crippen molar-refractivity contribution in [1.29, 1.82) is 0 Å². The van der Waals surface area contributed by atoms with Crippen molar-refractivity contribution >= 4 is 5.91 Å². The van der Waals surface area contributed by atoms with Gasteiger partial charge in [-0.2, -0.15) is 0 Å². The number of rotatable bonds is 5. The Morgan fingerprint density at radius 1 is 1.13 bits per heavy atom. The Kier molecular flexibility index (Phi) is 5.50. The first-order valence-corrected chi connectivity index (χ1v) is 10.9. The van der Waals surface area contributed by atoms with Gasteiger partial charge in [-0.05, 0) is 47.5 Å². The Labute approximate surface area is 179 Å². The summed E-state index contributed by atoms with van der Waals surface area (Å²) in [5.41, 5.74) is 0.595. The second-order valence-electron chi connectivity index (χ2n) is 8.30. The Bertz CT molecular complexity index is 1020. The van der Waals surface area contributed by atoms with Crippen LogP contribution in [0.15, 0.2) is 47.1 Å². The quantitative estimate of drug-likeness (QED) is 0.672. The van der Waals surface area contributed by atoms with E-state index in [0.29, 0.717) is 43.3 Å². The molecule has 162 valence electrons. The van der Waals surface area contributed by atoms with Gasteiger partial charge in [0.2, 0.25) is 5.82 Å². The Hall–Kier alpha value is -3.07. The number of quaternary nitrogens is 1. The molecular formula is C22H26FN6O2+. The number of halogens is 1. The number of amides is 1.